The Kier molecular flexibility index (Phi) is 5.94. The van der Waals surface area contributed by atoms with Crippen LogP contribution in [0.1, 0.15) is 20.3 Å². The van der Waals surface area contributed by atoms with Crippen molar-refractivity contribution in [2.45, 2.75) is 32.4 Å². The van der Waals surface area contributed by atoms with Crippen LogP contribution in [-0.4, -0.2) is 72.2 Å². The van der Waals surface area contributed by atoms with E-state index in [9.17, 15) is 14.3 Å². The summed E-state index contributed by atoms with van der Waals surface area (Å²) < 4.78 is 14.0. The molecule has 0 aliphatic carbocycles. The van der Waals surface area contributed by atoms with Gasteiger partial charge in [-0.2, -0.15) is 0 Å². The van der Waals surface area contributed by atoms with Crippen LogP contribution in [0, 0.1) is 5.82 Å². The van der Waals surface area contributed by atoms with Crippen LogP contribution in [0.4, 0.5) is 10.1 Å². The van der Waals surface area contributed by atoms with E-state index in [1.54, 1.807) is 17.0 Å². The third-order valence-corrected chi connectivity index (χ3v) is 5.25. The lowest BCUT2D eigenvalue weighted by atomic mass is 9.99. The fourth-order valence-corrected chi connectivity index (χ4v) is 3.89. The Bertz CT molecular complexity index is 667. The Morgan fingerprint density at radius 2 is 1.85 bits per heavy atom. The van der Waals surface area contributed by atoms with Gasteiger partial charge in [-0.3, -0.25) is 9.69 Å². The fraction of sp³-hybridized carbons (Fsp3) is 0.550. The summed E-state index contributed by atoms with van der Waals surface area (Å²) in [6.07, 6.45) is 1.85. The molecule has 2 fully saturated rings. The van der Waals surface area contributed by atoms with Crippen LogP contribution in [0.15, 0.2) is 35.9 Å². The Balaban J connectivity index is 1.55. The molecule has 2 aliphatic rings. The number of aliphatic hydroxyl groups excluding tert-OH is 1. The van der Waals surface area contributed by atoms with Gasteiger partial charge < -0.3 is 14.9 Å². The smallest absolute Gasteiger partial charge is 0.246 e. The second-order valence-corrected chi connectivity index (χ2v) is 7.40. The second-order valence-electron chi connectivity index (χ2n) is 7.40. The highest BCUT2D eigenvalue weighted by Gasteiger charge is 2.35. The predicted molar refractivity (Wildman–Crippen MR) is 101 cm³/mol. The molecule has 26 heavy (non-hydrogen) atoms. The lowest BCUT2D eigenvalue weighted by Crippen LogP contribution is -2.59. The number of likely N-dealkylation sites (tertiary alicyclic amines) is 1. The number of halogens is 1. The summed E-state index contributed by atoms with van der Waals surface area (Å²) in [4.78, 5) is 18.2. The fourth-order valence-electron chi connectivity index (χ4n) is 3.89. The summed E-state index contributed by atoms with van der Waals surface area (Å²) in [5.41, 5.74) is 1.62. The monoisotopic (exact) mass is 361 g/mol. The Hall–Kier alpha value is -1.92. The van der Waals surface area contributed by atoms with E-state index in [1.807, 2.05) is 26.0 Å². The van der Waals surface area contributed by atoms with Gasteiger partial charge in [-0.05, 0) is 32.4 Å². The van der Waals surface area contributed by atoms with Crippen molar-refractivity contribution in [1.82, 2.24) is 9.80 Å². The molecule has 0 spiro atoms. The second kappa shape index (κ2) is 8.18. The first-order valence-electron chi connectivity index (χ1n) is 9.31. The molecule has 1 aromatic carbocycles. The van der Waals surface area contributed by atoms with Gasteiger partial charge in [0, 0.05) is 51.4 Å². The number of aliphatic hydroxyl groups is 1. The summed E-state index contributed by atoms with van der Waals surface area (Å²) in [5, 5.41) is 10.6. The number of hydrogen-bond acceptors (Lipinski definition) is 4. The molecule has 3 rings (SSSR count). The number of rotatable bonds is 3. The summed E-state index contributed by atoms with van der Waals surface area (Å²) in [6, 6.07) is 6.93. The lowest BCUT2D eigenvalue weighted by Gasteiger charge is -2.45. The molecule has 0 bridgehead atoms. The molecular formula is C20H28FN3O2. The quantitative estimate of drug-likeness (QED) is 0.835. The maximum absolute atomic E-state index is 14.0. The zero-order valence-electron chi connectivity index (χ0n) is 15.6. The first-order chi connectivity index (χ1) is 12.5. The van der Waals surface area contributed by atoms with Crippen LogP contribution in [-0.2, 0) is 4.79 Å². The summed E-state index contributed by atoms with van der Waals surface area (Å²) in [5.74, 6) is -0.209. The number of nitrogens with zero attached hydrogens (tertiary/aromatic N) is 3. The van der Waals surface area contributed by atoms with E-state index in [0.717, 1.165) is 38.2 Å². The minimum absolute atomic E-state index is 0.0214. The highest BCUT2D eigenvalue weighted by molar-refractivity contribution is 5.88. The summed E-state index contributed by atoms with van der Waals surface area (Å²) in [6.45, 7) is 7.90. The van der Waals surface area contributed by atoms with Crippen LogP contribution < -0.4 is 4.90 Å². The number of benzene rings is 1. The van der Waals surface area contributed by atoms with Crippen LogP contribution in [0.25, 0.3) is 0 Å². The number of β-amino-alcohol motifs (C(OH)–C–C–N with tert-alkyl or cyclic N) is 1. The Morgan fingerprint density at radius 1 is 1.15 bits per heavy atom. The number of piperazine rings is 1. The van der Waals surface area contributed by atoms with E-state index in [-0.39, 0.29) is 17.8 Å². The zero-order valence-corrected chi connectivity index (χ0v) is 15.6. The van der Waals surface area contributed by atoms with E-state index >= 15 is 0 Å². The van der Waals surface area contributed by atoms with Crippen molar-refractivity contribution in [2.75, 3.05) is 44.2 Å². The highest BCUT2D eigenvalue weighted by atomic mass is 19.1. The lowest BCUT2D eigenvalue weighted by molar-refractivity contribution is -0.131. The van der Waals surface area contributed by atoms with Gasteiger partial charge in [-0.25, -0.2) is 4.39 Å². The minimum atomic E-state index is -0.543. The number of allylic oxidation sites excluding steroid dienone is 1. The van der Waals surface area contributed by atoms with Gasteiger partial charge in [-0.15, -0.1) is 0 Å². The first-order valence-corrected chi connectivity index (χ1v) is 9.31. The molecule has 1 amide bonds. The maximum Gasteiger partial charge on any atom is 0.246 e. The van der Waals surface area contributed by atoms with Crippen molar-refractivity contribution in [3.63, 3.8) is 0 Å². The van der Waals surface area contributed by atoms with E-state index in [1.165, 1.54) is 6.07 Å². The molecule has 2 saturated heterocycles. The third kappa shape index (κ3) is 4.24. The highest BCUT2D eigenvalue weighted by Crippen LogP contribution is 2.23. The third-order valence-electron chi connectivity index (χ3n) is 5.25. The van der Waals surface area contributed by atoms with E-state index in [2.05, 4.69) is 9.80 Å². The standard InChI is InChI=1S/C20H28FN3O2/c1-15(2)13-20(26)24-8-7-18(19(25)14-24)23-11-9-22(10-12-23)17-6-4-3-5-16(17)21/h3-6,13,18-19,25H,7-12,14H2,1-2H3/t18-,19-/m0/s1. The van der Waals surface area contributed by atoms with Crippen molar-refractivity contribution in [3.8, 4) is 0 Å². The predicted octanol–water partition coefficient (Wildman–Crippen LogP) is 1.88. The van der Waals surface area contributed by atoms with Crippen molar-refractivity contribution >= 4 is 11.6 Å². The van der Waals surface area contributed by atoms with Crippen molar-refractivity contribution in [3.05, 3.63) is 41.7 Å². The van der Waals surface area contributed by atoms with Crippen LogP contribution in [0.5, 0.6) is 0 Å². The normalized spacial score (nSPS) is 24.5. The van der Waals surface area contributed by atoms with Gasteiger partial charge in [0.2, 0.25) is 5.91 Å². The van der Waals surface area contributed by atoms with Gasteiger partial charge in [0.15, 0.2) is 0 Å². The molecule has 2 heterocycles. The molecule has 6 heteroatoms. The molecule has 1 N–H and O–H groups in total. The van der Waals surface area contributed by atoms with Crippen molar-refractivity contribution in [1.29, 1.82) is 0 Å². The molecule has 0 unspecified atom stereocenters. The van der Waals surface area contributed by atoms with Gasteiger partial charge in [0.05, 0.1) is 11.8 Å². The molecule has 2 atom stereocenters. The van der Waals surface area contributed by atoms with Gasteiger partial charge >= 0.3 is 0 Å². The molecule has 2 aliphatic heterocycles. The largest absolute Gasteiger partial charge is 0.390 e. The molecule has 0 radical (unpaired) electrons. The van der Waals surface area contributed by atoms with E-state index < -0.39 is 6.10 Å². The summed E-state index contributed by atoms with van der Waals surface area (Å²) >= 11 is 0. The van der Waals surface area contributed by atoms with Crippen molar-refractivity contribution < 1.29 is 14.3 Å². The number of hydrogen-bond donors (Lipinski definition) is 1. The van der Waals surface area contributed by atoms with E-state index in [4.69, 9.17) is 0 Å². The number of amides is 1. The number of piperidine rings is 1. The van der Waals surface area contributed by atoms with Gasteiger partial charge in [-0.1, -0.05) is 17.7 Å². The average molecular weight is 361 g/mol. The van der Waals surface area contributed by atoms with Crippen molar-refractivity contribution in [2.24, 2.45) is 0 Å². The van der Waals surface area contributed by atoms with Crippen LogP contribution in [0.3, 0.4) is 0 Å². The van der Waals surface area contributed by atoms with Gasteiger partial charge in [0.25, 0.3) is 0 Å². The number of carbonyl (C=O) groups is 1. The zero-order chi connectivity index (χ0) is 18.7. The molecule has 5 nitrogen and oxygen atoms in total. The number of para-hydroxylation sites is 1. The average Bonchev–Trinajstić information content (AvgIpc) is 2.62. The summed E-state index contributed by atoms with van der Waals surface area (Å²) in [7, 11) is 0. The van der Waals surface area contributed by atoms with Gasteiger partial charge in [0.1, 0.15) is 5.82 Å². The topological polar surface area (TPSA) is 47.0 Å². The molecular weight excluding hydrogens is 333 g/mol. The number of anilines is 1. The molecule has 0 saturated carbocycles. The SMILES string of the molecule is CC(C)=CC(=O)N1CC[C@H](N2CCN(c3ccccc3F)CC2)[C@@H](O)C1. The molecule has 142 valence electrons. The van der Waals surface area contributed by atoms with Crippen LogP contribution in [0.2, 0.25) is 0 Å². The Morgan fingerprint density at radius 3 is 2.46 bits per heavy atom. The van der Waals surface area contributed by atoms with Crippen LogP contribution >= 0.6 is 0 Å². The minimum Gasteiger partial charge on any atom is -0.390 e. The first kappa shape index (κ1) is 18.9. The van der Waals surface area contributed by atoms with E-state index in [0.29, 0.717) is 18.8 Å². The molecule has 0 aromatic heterocycles. The Labute approximate surface area is 154 Å². The number of carbonyl (C=O) groups excluding carboxylic acids is 1. The maximum atomic E-state index is 14.0. The molecule has 1 aromatic rings.